The number of halogens is 1. The number of hydrogen-bond acceptors (Lipinski definition) is 2. The van der Waals surface area contributed by atoms with Crippen LogP contribution < -0.4 is 35.0 Å². The molecule has 1 aromatic rings. The average Bonchev–Trinajstić information content (AvgIpc) is 2.22. The largest absolute Gasteiger partial charge is 1.00 e. The van der Waals surface area contributed by atoms with E-state index in [9.17, 15) is 4.79 Å². The Bertz CT molecular complexity index is 416. The molecular formula is C11H16IN3OS. The highest BCUT2D eigenvalue weighted by Crippen LogP contribution is 2.19. The number of rotatable bonds is 1. The van der Waals surface area contributed by atoms with Gasteiger partial charge in [0.15, 0.2) is 5.11 Å². The summed E-state index contributed by atoms with van der Waals surface area (Å²) in [6.07, 6.45) is 0. The molecule has 0 aromatic heterocycles. The average molecular weight is 365 g/mol. The quantitative estimate of drug-likeness (QED) is 0.461. The molecule has 0 aliphatic heterocycles. The lowest BCUT2D eigenvalue weighted by Gasteiger charge is -2.17. The molecule has 17 heavy (non-hydrogen) atoms. The summed E-state index contributed by atoms with van der Waals surface area (Å²) in [6.45, 7) is 3.98. The first-order valence-corrected chi connectivity index (χ1v) is 5.31. The molecule has 0 heterocycles. The van der Waals surface area contributed by atoms with E-state index in [2.05, 4.69) is 11.1 Å². The van der Waals surface area contributed by atoms with Gasteiger partial charge in [-0.1, -0.05) is 18.2 Å². The van der Waals surface area contributed by atoms with E-state index in [1.165, 1.54) is 4.90 Å². The highest BCUT2D eigenvalue weighted by Gasteiger charge is 2.13. The summed E-state index contributed by atoms with van der Waals surface area (Å²) in [6, 6.07) is 5.63. The number of urea groups is 1. The van der Waals surface area contributed by atoms with Gasteiger partial charge in [-0.3, -0.25) is 5.73 Å². The fourth-order valence-corrected chi connectivity index (χ4v) is 1.52. The Balaban J connectivity index is 0.00000256. The van der Waals surface area contributed by atoms with Gasteiger partial charge < -0.3 is 29.3 Å². The number of nitrogens with one attached hydrogen (secondary N) is 1. The van der Waals surface area contributed by atoms with E-state index in [-0.39, 0.29) is 30.0 Å². The van der Waals surface area contributed by atoms with Gasteiger partial charge in [-0.2, -0.15) is 0 Å². The molecule has 1 aromatic carbocycles. The maximum absolute atomic E-state index is 11.0. The molecule has 0 fully saturated rings. The fraction of sp³-hybridized carbons (Fsp3) is 0.273. The molecule has 0 atom stereocenters. The van der Waals surface area contributed by atoms with Crippen molar-refractivity contribution in [2.24, 2.45) is 0 Å². The Morgan fingerprint density at radius 3 is 2.24 bits per heavy atom. The highest BCUT2D eigenvalue weighted by molar-refractivity contribution is 7.80. The highest BCUT2D eigenvalue weighted by atomic mass is 127. The van der Waals surface area contributed by atoms with Gasteiger partial charge in [-0.15, -0.1) is 0 Å². The third-order valence-electron chi connectivity index (χ3n) is 2.39. The van der Waals surface area contributed by atoms with Crippen molar-refractivity contribution in [1.29, 1.82) is 0 Å². The van der Waals surface area contributed by atoms with Gasteiger partial charge >= 0.3 is 6.03 Å². The van der Waals surface area contributed by atoms with Crippen molar-refractivity contribution in [2.45, 2.75) is 13.8 Å². The van der Waals surface area contributed by atoms with E-state index in [1.54, 1.807) is 7.05 Å². The molecule has 1 rings (SSSR count). The van der Waals surface area contributed by atoms with E-state index >= 15 is 0 Å². The predicted octanol–water partition coefficient (Wildman–Crippen LogP) is -1.70. The first-order chi connectivity index (χ1) is 7.43. The van der Waals surface area contributed by atoms with Crippen molar-refractivity contribution in [2.75, 3.05) is 12.4 Å². The van der Waals surface area contributed by atoms with Gasteiger partial charge in [0.05, 0.1) is 0 Å². The Labute approximate surface area is 124 Å². The number of carbonyl (C=O) groups excluding carboxylic acids is 1. The van der Waals surface area contributed by atoms with Crippen LogP contribution in [0.3, 0.4) is 0 Å². The van der Waals surface area contributed by atoms with E-state index < -0.39 is 0 Å². The summed E-state index contributed by atoms with van der Waals surface area (Å²) in [7, 11) is 1.60. The molecule has 0 unspecified atom stereocenters. The molecule has 0 radical (unpaired) electrons. The smallest absolute Gasteiger partial charge is 0.420 e. The molecular weight excluding hydrogens is 349 g/mol. The lowest BCUT2D eigenvalue weighted by atomic mass is 10.1. The second-order valence-corrected chi connectivity index (χ2v) is 4.04. The number of para-hydroxylation sites is 1. The fourth-order valence-electron chi connectivity index (χ4n) is 1.32. The van der Waals surface area contributed by atoms with E-state index in [0.717, 1.165) is 16.8 Å². The number of carbonyl (C=O) groups is 1. The normalized spacial score (nSPS) is 9.18. The maximum Gasteiger partial charge on any atom is 0.420 e. The first kappa shape index (κ1) is 16.3. The topological polar surface area (TPSA) is 60.0 Å². The molecule has 4 N–H and O–H groups in total. The molecule has 2 amide bonds. The third kappa shape index (κ3) is 4.21. The molecule has 0 bridgehead atoms. The minimum atomic E-state index is -0.330. The summed E-state index contributed by atoms with van der Waals surface area (Å²) in [4.78, 5) is 12.3. The molecule has 6 heteroatoms. The van der Waals surface area contributed by atoms with E-state index in [1.807, 2.05) is 32.0 Å². The predicted molar refractivity (Wildman–Crippen MR) is 68.2 cm³/mol. The maximum atomic E-state index is 11.0. The lowest BCUT2D eigenvalue weighted by molar-refractivity contribution is -0.259. The second kappa shape index (κ2) is 6.87. The lowest BCUT2D eigenvalue weighted by Crippen LogP contribution is -3.00. The van der Waals surface area contributed by atoms with Crippen LogP contribution in [0.1, 0.15) is 11.1 Å². The van der Waals surface area contributed by atoms with Gasteiger partial charge in [-0.25, -0.2) is 9.69 Å². The standard InChI is InChI=1S/C11H15N3OS.HI/c1-7-5-4-6-8(2)9(7)13-11(16)14(3)10(12)15;/h4-6H,1-3H3,(H2,12,15)(H,13,16);1H. The number of benzene rings is 1. The zero-order chi connectivity index (χ0) is 12.3. The van der Waals surface area contributed by atoms with Crippen LogP contribution in [0.5, 0.6) is 0 Å². The van der Waals surface area contributed by atoms with Crippen molar-refractivity contribution in [3.63, 3.8) is 0 Å². The zero-order valence-corrected chi connectivity index (χ0v) is 13.1. The Morgan fingerprint density at radius 2 is 1.82 bits per heavy atom. The molecule has 0 saturated heterocycles. The minimum absolute atomic E-state index is 0. The van der Waals surface area contributed by atoms with Crippen LogP contribution in [0, 0.1) is 13.8 Å². The van der Waals surface area contributed by atoms with Crippen LogP contribution in [-0.4, -0.2) is 23.1 Å². The third-order valence-corrected chi connectivity index (χ3v) is 2.77. The minimum Gasteiger partial charge on any atom is -1.00 e. The van der Waals surface area contributed by atoms with Crippen molar-refractivity contribution in [3.05, 3.63) is 29.3 Å². The van der Waals surface area contributed by atoms with Gasteiger partial charge in [0, 0.05) is 12.7 Å². The van der Waals surface area contributed by atoms with Gasteiger partial charge in [-0.05, 0) is 37.2 Å². The summed E-state index contributed by atoms with van der Waals surface area (Å²) in [5.74, 6) is 0. The Morgan fingerprint density at radius 1 is 1.35 bits per heavy atom. The SMILES string of the molecule is Cc1cccc(C)c1NC(=S)N(C)C([NH3+])=O.[I-]. The van der Waals surface area contributed by atoms with Crippen molar-refractivity contribution in [1.82, 2.24) is 4.90 Å². The van der Waals surface area contributed by atoms with Crippen molar-refractivity contribution in [3.8, 4) is 0 Å². The van der Waals surface area contributed by atoms with Crippen molar-refractivity contribution >= 4 is 29.0 Å². The molecule has 0 aliphatic carbocycles. The monoisotopic (exact) mass is 365 g/mol. The van der Waals surface area contributed by atoms with Gasteiger partial charge in [0.2, 0.25) is 0 Å². The molecule has 0 spiro atoms. The number of aryl methyl sites for hydroxylation is 2. The van der Waals surface area contributed by atoms with Gasteiger partial charge in [0.1, 0.15) is 0 Å². The van der Waals surface area contributed by atoms with E-state index in [4.69, 9.17) is 12.2 Å². The van der Waals surface area contributed by atoms with Crippen LogP contribution in [0.25, 0.3) is 0 Å². The number of anilines is 1. The number of quaternary nitrogens is 1. The molecule has 0 aliphatic rings. The van der Waals surface area contributed by atoms with Crippen LogP contribution in [0.4, 0.5) is 10.5 Å². The van der Waals surface area contributed by atoms with Crippen LogP contribution in [0.15, 0.2) is 18.2 Å². The summed E-state index contributed by atoms with van der Waals surface area (Å²) in [5, 5.41) is 3.41. The summed E-state index contributed by atoms with van der Waals surface area (Å²) in [5.41, 5.74) is 6.43. The number of thiocarbonyl (C=S) groups is 1. The molecule has 4 nitrogen and oxygen atoms in total. The zero-order valence-electron chi connectivity index (χ0n) is 10.1. The Hall–Kier alpha value is -0.730. The van der Waals surface area contributed by atoms with E-state index in [0.29, 0.717) is 5.11 Å². The van der Waals surface area contributed by atoms with Crippen LogP contribution in [-0.2, 0) is 0 Å². The van der Waals surface area contributed by atoms with Crippen molar-refractivity contribution < 1.29 is 34.5 Å². The molecule has 0 saturated carbocycles. The first-order valence-electron chi connectivity index (χ1n) is 4.90. The number of nitrogens with zero attached hydrogens (tertiary/aromatic N) is 1. The number of hydrogen-bond donors (Lipinski definition) is 2. The second-order valence-electron chi connectivity index (χ2n) is 3.65. The summed E-state index contributed by atoms with van der Waals surface area (Å²) >= 11 is 5.11. The van der Waals surface area contributed by atoms with Crippen LogP contribution >= 0.6 is 12.2 Å². The van der Waals surface area contributed by atoms with Gasteiger partial charge in [0.25, 0.3) is 0 Å². The molecule has 94 valence electrons. The Kier molecular flexibility index (Phi) is 6.58. The summed E-state index contributed by atoms with van der Waals surface area (Å²) < 4.78 is 0. The number of amides is 2. The van der Waals surface area contributed by atoms with Crippen LogP contribution in [0.2, 0.25) is 0 Å².